The highest BCUT2D eigenvalue weighted by molar-refractivity contribution is 5.94. The first-order valence-electron chi connectivity index (χ1n) is 9.38. The number of nitrogens with one attached hydrogen (secondary N) is 1. The standard InChI is InChI=1S/C22H28N2O2/c1-17(2)21(19-6-4-3-5-7-19)23-22(25)20-10-8-18(9-11-20)16-24-12-14-26-15-13-24/h3-11,17,21H,12-16H2,1-2H3,(H,23,25). The molecule has 4 nitrogen and oxygen atoms in total. The van der Waals surface area contributed by atoms with Crippen molar-refractivity contribution in [2.75, 3.05) is 26.3 Å². The number of hydrogen-bond acceptors (Lipinski definition) is 3. The van der Waals surface area contributed by atoms with Crippen molar-refractivity contribution in [2.24, 2.45) is 5.92 Å². The molecule has 2 aromatic carbocycles. The summed E-state index contributed by atoms with van der Waals surface area (Å²) in [5.74, 6) is 0.299. The van der Waals surface area contributed by atoms with Gasteiger partial charge in [-0.15, -0.1) is 0 Å². The number of nitrogens with zero attached hydrogens (tertiary/aromatic N) is 1. The van der Waals surface area contributed by atoms with Gasteiger partial charge in [-0.05, 0) is 29.2 Å². The van der Waals surface area contributed by atoms with Crippen LogP contribution in [-0.4, -0.2) is 37.1 Å². The fourth-order valence-corrected chi connectivity index (χ4v) is 3.30. The Balaban J connectivity index is 1.63. The van der Waals surface area contributed by atoms with Gasteiger partial charge in [0.1, 0.15) is 0 Å². The maximum atomic E-state index is 12.7. The average Bonchev–Trinajstić information content (AvgIpc) is 2.68. The van der Waals surface area contributed by atoms with Crippen LogP contribution in [0.15, 0.2) is 54.6 Å². The van der Waals surface area contributed by atoms with Gasteiger partial charge in [-0.3, -0.25) is 9.69 Å². The lowest BCUT2D eigenvalue weighted by Crippen LogP contribution is -2.35. The first-order chi connectivity index (χ1) is 12.6. The lowest BCUT2D eigenvalue weighted by Gasteiger charge is -2.26. The van der Waals surface area contributed by atoms with Crippen LogP contribution in [0.1, 0.15) is 41.4 Å². The Morgan fingerprint density at radius 1 is 1.04 bits per heavy atom. The van der Waals surface area contributed by atoms with E-state index in [0.29, 0.717) is 11.5 Å². The molecule has 1 saturated heterocycles. The van der Waals surface area contributed by atoms with Gasteiger partial charge in [0.05, 0.1) is 19.3 Å². The van der Waals surface area contributed by atoms with Crippen molar-refractivity contribution in [3.05, 3.63) is 71.3 Å². The van der Waals surface area contributed by atoms with Gasteiger partial charge in [-0.25, -0.2) is 0 Å². The summed E-state index contributed by atoms with van der Waals surface area (Å²) in [6.45, 7) is 8.70. The Hall–Kier alpha value is -2.17. The van der Waals surface area contributed by atoms with Crippen LogP contribution in [0.4, 0.5) is 0 Å². The SMILES string of the molecule is CC(C)C(NC(=O)c1ccc(CN2CCOCC2)cc1)c1ccccc1. The highest BCUT2D eigenvalue weighted by Crippen LogP contribution is 2.22. The van der Waals surface area contributed by atoms with Gasteiger partial charge in [0, 0.05) is 25.2 Å². The predicted molar refractivity (Wildman–Crippen MR) is 104 cm³/mol. The molecule has 2 aromatic rings. The second-order valence-corrected chi connectivity index (χ2v) is 7.19. The predicted octanol–water partition coefficient (Wildman–Crippen LogP) is 3.65. The van der Waals surface area contributed by atoms with Crippen molar-refractivity contribution in [3.8, 4) is 0 Å². The Labute approximate surface area is 156 Å². The molecule has 1 heterocycles. The molecule has 0 saturated carbocycles. The molecule has 26 heavy (non-hydrogen) atoms. The normalized spacial score (nSPS) is 16.4. The molecule has 0 radical (unpaired) electrons. The molecular formula is C22H28N2O2. The van der Waals surface area contributed by atoms with Gasteiger partial charge in [0.25, 0.3) is 5.91 Å². The topological polar surface area (TPSA) is 41.6 Å². The third-order valence-electron chi connectivity index (χ3n) is 4.84. The van der Waals surface area contributed by atoms with Crippen molar-refractivity contribution in [3.63, 3.8) is 0 Å². The van der Waals surface area contributed by atoms with Crippen LogP contribution in [0.2, 0.25) is 0 Å². The summed E-state index contributed by atoms with van der Waals surface area (Å²) in [7, 11) is 0. The Morgan fingerprint density at radius 2 is 1.69 bits per heavy atom. The van der Waals surface area contributed by atoms with Crippen LogP contribution in [0.3, 0.4) is 0 Å². The van der Waals surface area contributed by atoms with Gasteiger partial charge in [0.2, 0.25) is 0 Å². The van der Waals surface area contributed by atoms with E-state index in [-0.39, 0.29) is 11.9 Å². The third kappa shape index (κ3) is 4.93. The summed E-state index contributed by atoms with van der Waals surface area (Å²) in [5.41, 5.74) is 3.07. The summed E-state index contributed by atoms with van der Waals surface area (Å²) in [4.78, 5) is 15.1. The van der Waals surface area contributed by atoms with E-state index in [1.165, 1.54) is 5.56 Å². The van der Waals surface area contributed by atoms with Gasteiger partial charge < -0.3 is 10.1 Å². The molecule has 1 fully saturated rings. The van der Waals surface area contributed by atoms with Gasteiger partial charge >= 0.3 is 0 Å². The zero-order chi connectivity index (χ0) is 18.4. The molecule has 4 heteroatoms. The van der Waals surface area contributed by atoms with Crippen molar-refractivity contribution >= 4 is 5.91 Å². The van der Waals surface area contributed by atoms with E-state index in [4.69, 9.17) is 4.74 Å². The lowest BCUT2D eigenvalue weighted by molar-refractivity contribution is 0.0342. The van der Waals surface area contributed by atoms with Crippen molar-refractivity contribution in [1.82, 2.24) is 10.2 Å². The van der Waals surface area contributed by atoms with E-state index in [0.717, 1.165) is 38.4 Å². The minimum Gasteiger partial charge on any atom is -0.379 e. The van der Waals surface area contributed by atoms with E-state index >= 15 is 0 Å². The van der Waals surface area contributed by atoms with E-state index in [1.807, 2.05) is 30.3 Å². The summed E-state index contributed by atoms with van der Waals surface area (Å²) >= 11 is 0. The first kappa shape index (κ1) is 18.6. The van der Waals surface area contributed by atoms with Crippen LogP contribution >= 0.6 is 0 Å². The van der Waals surface area contributed by atoms with Crippen LogP contribution in [0, 0.1) is 5.92 Å². The molecule has 1 unspecified atom stereocenters. The van der Waals surface area contributed by atoms with Gasteiger partial charge in [-0.2, -0.15) is 0 Å². The number of rotatable bonds is 6. The Kier molecular flexibility index (Phi) is 6.42. The number of hydrogen-bond donors (Lipinski definition) is 1. The highest BCUT2D eigenvalue weighted by atomic mass is 16.5. The minimum atomic E-state index is -0.0227. The molecule has 0 bridgehead atoms. The number of morpholine rings is 1. The second-order valence-electron chi connectivity index (χ2n) is 7.19. The summed E-state index contributed by atoms with van der Waals surface area (Å²) in [6, 6.07) is 18.1. The molecule has 0 aliphatic carbocycles. The van der Waals surface area contributed by atoms with Crippen molar-refractivity contribution < 1.29 is 9.53 Å². The Bertz CT molecular complexity index is 692. The minimum absolute atomic E-state index is 0.0109. The zero-order valence-electron chi connectivity index (χ0n) is 15.7. The largest absolute Gasteiger partial charge is 0.379 e. The summed E-state index contributed by atoms with van der Waals surface area (Å²) in [6.07, 6.45) is 0. The molecule has 0 spiro atoms. The smallest absolute Gasteiger partial charge is 0.251 e. The zero-order valence-corrected chi connectivity index (χ0v) is 15.7. The number of carbonyl (C=O) groups is 1. The number of benzene rings is 2. The molecule has 1 aliphatic rings. The number of carbonyl (C=O) groups excluding carboxylic acids is 1. The quantitative estimate of drug-likeness (QED) is 0.863. The van der Waals surface area contributed by atoms with Crippen molar-refractivity contribution in [1.29, 1.82) is 0 Å². The van der Waals surface area contributed by atoms with E-state index in [2.05, 4.69) is 48.3 Å². The molecular weight excluding hydrogens is 324 g/mol. The van der Waals surface area contributed by atoms with Crippen LogP contribution in [0.25, 0.3) is 0 Å². The molecule has 1 N–H and O–H groups in total. The monoisotopic (exact) mass is 352 g/mol. The fourth-order valence-electron chi connectivity index (χ4n) is 3.30. The molecule has 138 valence electrons. The molecule has 3 rings (SSSR count). The molecule has 0 aromatic heterocycles. The third-order valence-corrected chi connectivity index (χ3v) is 4.84. The molecule has 1 aliphatic heterocycles. The summed E-state index contributed by atoms with van der Waals surface area (Å²) < 4.78 is 5.39. The maximum Gasteiger partial charge on any atom is 0.251 e. The second kappa shape index (κ2) is 8.97. The first-order valence-corrected chi connectivity index (χ1v) is 9.38. The average molecular weight is 352 g/mol. The molecule has 1 amide bonds. The van der Waals surface area contributed by atoms with Crippen LogP contribution < -0.4 is 5.32 Å². The number of amides is 1. The summed E-state index contributed by atoms with van der Waals surface area (Å²) in [5, 5.41) is 3.18. The number of ether oxygens (including phenoxy) is 1. The molecule has 1 atom stereocenters. The van der Waals surface area contributed by atoms with Gasteiger partial charge in [-0.1, -0.05) is 56.3 Å². The van der Waals surface area contributed by atoms with Gasteiger partial charge in [0.15, 0.2) is 0 Å². The maximum absolute atomic E-state index is 12.7. The van der Waals surface area contributed by atoms with E-state index in [9.17, 15) is 4.79 Å². The van der Waals surface area contributed by atoms with Crippen LogP contribution in [0.5, 0.6) is 0 Å². The van der Waals surface area contributed by atoms with E-state index in [1.54, 1.807) is 0 Å². The highest BCUT2D eigenvalue weighted by Gasteiger charge is 2.19. The Morgan fingerprint density at radius 3 is 2.31 bits per heavy atom. The fraction of sp³-hybridized carbons (Fsp3) is 0.409. The van der Waals surface area contributed by atoms with E-state index < -0.39 is 0 Å². The van der Waals surface area contributed by atoms with Crippen LogP contribution in [-0.2, 0) is 11.3 Å². The lowest BCUT2D eigenvalue weighted by atomic mass is 9.95. The van der Waals surface area contributed by atoms with Crippen molar-refractivity contribution in [2.45, 2.75) is 26.4 Å².